The first-order chi connectivity index (χ1) is 39.1. The van der Waals surface area contributed by atoms with E-state index in [1.54, 1.807) is 24.3 Å². The lowest BCUT2D eigenvalue weighted by atomic mass is 9.86. The van der Waals surface area contributed by atoms with Crippen LogP contribution in [0.3, 0.4) is 0 Å². The second-order valence-electron chi connectivity index (χ2n) is 12.8. The summed E-state index contributed by atoms with van der Waals surface area (Å²) < 4.78 is 236. The lowest BCUT2D eigenvalue weighted by molar-refractivity contribution is 1.37. The molecule has 2 nitrogen and oxygen atoms in total. The van der Waals surface area contributed by atoms with Crippen molar-refractivity contribution in [2.45, 2.75) is 0 Å². The Bertz CT molecular complexity index is 4970. The Hall–Kier alpha value is -7.20. The van der Waals surface area contributed by atoms with Crippen LogP contribution in [0.25, 0.3) is 119 Å². The first-order valence-electron chi connectivity index (χ1n) is 30.3. The first kappa shape index (κ1) is 15.7. The Morgan fingerprint density at radius 3 is 1.81 bits per heavy atom. The lowest BCUT2D eigenvalue weighted by Gasteiger charge is -2.17. The van der Waals surface area contributed by atoms with Crippen LogP contribution in [0, 0.1) is 0 Å². The van der Waals surface area contributed by atoms with Gasteiger partial charge in [0.2, 0.25) is 0 Å². The highest BCUT2D eigenvalue weighted by molar-refractivity contribution is 7.20. The molecule has 3 heteroatoms. The maximum atomic E-state index is 9.89. The molecule has 0 saturated heterocycles. The second kappa shape index (κ2) is 12.7. The lowest BCUT2D eigenvalue weighted by Crippen LogP contribution is -1.92. The van der Waals surface area contributed by atoms with Crippen LogP contribution in [0.2, 0.25) is 0 Å². The number of aromatic nitrogens is 2. The first-order valence-corrected chi connectivity index (χ1v) is 18.1. The molecule has 12 aromatic rings. The van der Waals surface area contributed by atoms with Crippen LogP contribution >= 0.6 is 11.3 Å². The van der Waals surface area contributed by atoms with Crippen molar-refractivity contribution in [2.24, 2.45) is 0 Å². The van der Waals surface area contributed by atoms with Gasteiger partial charge in [0, 0.05) is 49.0 Å². The third-order valence-electron chi connectivity index (χ3n) is 9.82. The van der Waals surface area contributed by atoms with E-state index in [2.05, 4.69) is 4.98 Å². The number of hydrogen-bond acceptors (Lipinski definition) is 3. The van der Waals surface area contributed by atoms with E-state index < -0.39 is 185 Å². The number of fused-ring (bicyclic) bond motifs is 4. The molecule has 12 rings (SSSR count). The van der Waals surface area contributed by atoms with E-state index in [1.165, 1.54) is 12.1 Å². The Morgan fingerprint density at radius 2 is 1.02 bits per heavy atom. The summed E-state index contributed by atoms with van der Waals surface area (Å²) in [6, 6.07) is -9.21. The Kier molecular flexibility index (Phi) is 3.50. The van der Waals surface area contributed by atoms with Gasteiger partial charge in [0.05, 0.1) is 52.4 Å². The van der Waals surface area contributed by atoms with Gasteiger partial charge in [-0.25, -0.2) is 4.98 Å². The van der Waals surface area contributed by atoms with Gasteiger partial charge in [-0.1, -0.05) is 175 Å². The highest BCUT2D eigenvalue weighted by Crippen LogP contribution is 2.55. The Labute approximate surface area is 369 Å². The third kappa shape index (κ3) is 4.96. The van der Waals surface area contributed by atoms with Gasteiger partial charge in [-0.05, 0) is 71.9 Å². The zero-order valence-corrected chi connectivity index (χ0v) is 29.6. The maximum Gasteiger partial charge on any atom is 0.0972 e. The molecular formula is C54H32N2S. The van der Waals surface area contributed by atoms with E-state index in [9.17, 15) is 15.1 Å². The van der Waals surface area contributed by atoms with Gasteiger partial charge in [-0.15, -0.1) is 11.3 Å². The van der Waals surface area contributed by atoms with Crippen molar-refractivity contribution in [1.82, 2.24) is 9.97 Å². The van der Waals surface area contributed by atoms with Crippen LogP contribution in [-0.2, 0) is 0 Å². The average Bonchev–Trinajstić information content (AvgIpc) is 1.93. The normalized spacial score (nSPS) is 18.2. The fourth-order valence-corrected chi connectivity index (χ4v) is 8.70. The summed E-state index contributed by atoms with van der Waals surface area (Å²) in [5.41, 5.74) is -2.71. The minimum absolute atomic E-state index is 0.0320. The number of thiophene rings is 1. The van der Waals surface area contributed by atoms with E-state index in [0.29, 0.717) is 11.3 Å². The van der Waals surface area contributed by atoms with Crippen LogP contribution in [0.5, 0.6) is 0 Å². The number of hydrogen-bond donors (Lipinski definition) is 0. The molecule has 3 aromatic heterocycles. The van der Waals surface area contributed by atoms with Gasteiger partial charge in [-0.2, -0.15) is 0 Å². The molecule has 0 atom stereocenters. The Morgan fingerprint density at radius 1 is 0.404 bits per heavy atom. The fraction of sp³-hybridized carbons (Fsp3) is 0. The number of pyridine rings is 2. The van der Waals surface area contributed by atoms with Crippen LogP contribution in [0.4, 0.5) is 0 Å². The predicted molar refractivity (Wildman–Crippen MR) is 243 cm³/mol. The van der Waals surface area contributed by atoms with Crippen molar-refractivity contribution < 1.29 is 35.6 Å². The largest absolute Gasteiger partial charge is 0.254 e. The van der Waals surface area contributed by atoms with Gasteiger partial charge < -0.3 is 0 Å². The smallest absolute Gasteiger partial charge is 0.0972 e. The van der Waals surface area contributed by atoms with Gasteiger partial charge >= 0.3 is 0 Å². The summed E-state index contributed by atoms with van der Waals surface area (Å²) in [7, 11) is 0. The molecule has 0 saturated carbocycles. The molecule has 3 heterocycles. The van der Waals surface area contributed by atoms with Crippen LogP contribution in [-0.4, -0.2) is 9.97 Å². The molecule has 0 aliphatic heterocycles. The molecule has 57 heavy (non-hydrogen) atoms. The predicted octanol–water partition coefficient (Wildman–Crippen LogP) is 15.2. The summed E-state index contributed by atoms with van der Waals surface area (Å²) in [4.78, 5) is 8.34. The van der Waals surface area contributed by atoms with Crippen molar-refractivity contribution in [3.8, 4) is 54.4 Å². The van der Waals surface area contributed by atoms with Crippen LogP contribution < -0.4 is 0 Å². The maximum absolute atomic E-state index is 9.89. The monoisotopic (exact) mass is 766 g/mol. The molecule has 0 aliphatic carbocycles. The molecule has 0 unspecified atom stereocenters. The fourth-order valence-electron chi connectivity index (χ4n) is 7.42. The molecule has 0 amide bonds. The topological polar surface area (TPSA) is 25.8 Å². The second-order valence-corrected chi connectivity index (χ2v) is 13.9. The van der Waals surface area contributed by atoms with E-state index in [1.807, 2.05) is 0 Å². The molecule has 0 bridgehead atoms. The number of benzene rings is 9. The minimum Gasteiger partial charge on any atom is -0.254 e. The molecule has 0 radical (unpaired) electrons. The standard InChI is InChI=1S/C54H32N2S/c1-3-11-33(12-4-1)49-50(43-30-29-42(40-18-7-8-19-41(40)43)46-31-26-38-23-22-37-17-10-32-55-51(37)52(38)56-46)53(39-13-5-2-6-14-39)57-54(49)45-28-25-36-21-20-34-15-9-16-35-24-27-44(45)48(36)47(34)35/h1-32H/i1D,2D,3D,4D,5D,6D,9D,10D,11D,12D,13D,14D,15D,16D,17D,20D,21D,22D,23D,24D,25D,26D,27D,28D,31D,32D. The van der Waals surface area contributed by atoms with E-state index in [0.717, 1.165) is 0 Å². The van der Waals surface area contributed by atoms with Crippen molar-refractivity contribution in [2.75, 3.05) is 0 Å². The van der Waals surface area contributed by atoms with Gasteiger partial charge in [-0.3, -0.25) is 4.98 Å². The molecule has 9 aromatic carbocycles. The van der Waals surface area contributed by atoms with Gasteiger partial charge in [0.15, 0.2) is 0 Å². The van der Waals surface area contributed by atoms with Crippen LogP contribution in [0.1, 0.15) is 35.6 Å². The quantitative estimate of drug-likeness (QED) is 0.163. The highest BCUT2D eigenvalue weighted by atomic mass is 32.1. The summed E-state index contributed by atoms with van der Waals surface area (Å²) in [5, 5.41) is -2.28. The van der Waals surface area contributed by atoms with Crippen molar-refractivity contribution >= 4 is 76.2 Å². The minimum atomic E-state index is -0.870. The van der Waals surface area contributed by atoms with E-state index in [4.69, 9.17) is 25.5 Å². The number of nitrogens with zero attached hydrogens (tertiary/aromatic N) is 2. The summed E-state index contributed by atoms with van der Waals surface area (Å²) >= 11 is 0.582. The van der Waals surface area contributed by atoms with Gasteiger partial charge in [0.1, 0.15) is 0 Å². The Balaban J connectivity index is 1.32. The van der Waals surface area contributed by atoms with Crippen molar-refractivity contribution in [3.63, 3.8) is 0 Å². The SMILES string of the molecule is [2H]c1nc2c(c([2H])c1[2H])c([2H])c([2H])c1c([2H])c([2H])c(-c3ccc(-c4c(-c5c([2H])c([2H])c([2H])c([2H])c5[2H])sc(-c5c([2H])c([2H])c6c([2H])c([2H])c7c([2H])c([2H])c([2H])c8c([2H])c([2H])c5c6c78)c4-c4c([2H])c([2H])c([2H])c([2H])c4[2H])c4ccccc34)nc12. The number of rotatable bonds is 5. The molecule has 0 N–H and O–H groups in total. The molecule has 0 aliphatic rings. The van der Waals surface area contributed by atoms with E-state index in [-0.39, 0.29) is 91.8 Å². The highest BCUT2D eigenvalue weighted by Gasteiger charge is 2.26. The average molecular weight is 767 g/mol. The summed E-state index contributed by atoms with van der Waals surface area (Å²) in [6.07, 6.45) is -0.659. The zero-order chi connectivity index (χ0) is 60.1. The molecule has 264 valence electrons. The van der Waals surface area contributed by atoms with Crippen molar-refractivity contribution in [3.05, 3.63) is 194 Å². The summed E-state index contributed by atoms with van der Waals surface area (Å²) in [5.74, 6) is 0. The molecule has 0 spiro atoms. The third-order valence-corrected chi connectivity index (χ3v) is 11.0. The summed E-state index contributed by atoms with van der Waals surface area (Å²) in [6.45, 7) is 0. The molecule has 0 fully saturated rings. The molecular weight excluding hydrogens is 709 g/mol. The van der Waals surface area contributed by atoms with Gasteiger partial charge in [0.25, 0.3) is 0 Å². The van der Waals surface area contributed by atoms with Crippen LogP contribution in [0.15, 0.2) is 194 Å². The zero-order valence-electron chi connectivity index (χ0n) is 54.8. The van der Waals surface area contributed by atoms with Crippen molar-refractivity contribution in [1.29, 1.82) is 0 Å². The van der Waals surface area contributed by atoms with E-state index >= 15 is 0 Å².